The number of carbonyl (C=O) groups excluding carboxylic acids is 2. The number of rotatable bonds is 7. The third kappa shape index (κ3) is 6.01. The van der Waals surface area contributed by atoms with E-state index in [1.54, 1.807) is 0 Å². The first-order valence-corrected chi connectivity index (χ1v) is 13.9. The highest BCUT2D eigenvalue weighted by Crippen LogP contribution is 2.38. The van der Waals surface area contributed by atoms with Crippen LogP contribution in [0.2, 0.25) is 0 Å². The normalized spacial score (nSPS) is 19.1. The van der Waals surface area contributed by atoms with Crippen LogP contribution in [0.1, 0.15) is 55.6 Å². The summed E-state index contributed by atoms with van der Waals surface area (Å²) in [5, 5.41) is 1.81. The summed E-state index contributed by atoms with van der Waals surface area (Å²) >= 11 is 0. The third-order valence-electron chi connectivity index (χ3n) is 7.95. The molecule has 1 saturated heterocycles. The Morgan fingerprint density at radius 1 is 0.789 bits per heavy atom. The standard InChI is InChI=1S/C32H38N4O2/c1-34(27-12-4-2-5-13-27)33-31(37)30-17-9-8-16-29(30)26-20-18-25(19-21-26)24-36(28-14-6-3-7-15-28)32(38)35-22-10-11-23-35/h2-7,12-15,18-21,29-30H,8-11,16-17,22-24H2,1H3,(H,33,37)/t29-,30?/m1/s1. The molecule has 38 heavy (non-hydrogen) atoms. The van der Waals surface area contributed by atoms with Crippen LogP contribution in [0.25, 0.3) is 0 Å². The van der Waals surface area contributed by atoms with Crippen LogP contribution in [0, 0.1) is 5.92 Å². The lowest BCUT2D eigenvalue weighted by atomic mass is 9.75. The fourth-order valence-electron chi connectivity index (χ4n) is 5.82. The number of benzene rings is 3. The van der Waals surface area contributed by atoms with Crippen molar-refractivity contribution in [2.45, 2.75) is 51.0 Å². The molecular formula is C32H38N4O2. The highest BCUT2D eigenvalue weighted by atomic mass is 16.2. The minimum atomic E-state index is -0.0571. The van der Waals surface area contributed by atoms with Crippen LogP contribution in [0.5, 0.6) is 0 Å². The average Bonchev–Trinajstić information content (AvgIpc) is 3.52. The first-order chi connectivity index (χ1) is 18.6. The molecule has 0 aromatic heterocycles. The molecule has 0 bridgehead atoms. The van der Waals surface area contributed by atoms with Gasteiger partial charge in [0.1, 0.15) is 0 Å². The topological polar surface area (TPSA) is 55.9 Å². The fourth-order valence-corrected chi connectivity index (χ4v) is 5.82. The highest BCUT2D eigenvalue weighted by molar-refractivity contribution is 5.92. The molecule has 2 aliphatic rings. The van der Waals surface area contributed by atoms with Crippen molar-refractivity contribution in [1.82, 2.24) is 10.3 Å². The molecule has 0 radical (unpaired) electrons. The Morgan fingerprint density at radius 3 is 2.05 bits per heavy atom. The van der Waals surface area contributed by atoms with E-state index in [9.17, 15) is 9.59 Å². The first kappa shape index (κ1) is 25.8. The summed E-state index contributed by atoms with van der Waals surface area (Å²) in [6.45, 7) is 2.17. The number of urea groups is 1. The van der Waals surface area contributed by atoms with Gasteiger partial charge in [0.15, 0.2) is 0 Å². The van der Waals surface area contributed by atoms with Crippen molar-refractivity contribution in [2.24, 2.45) is 5.92 Å². The van der Waals surface area contributed by atoms with Gasteiger partial charge in [-0.2, -0.15) is 0 Å². The molecule has 1 unspecified atom stereocenters. The number of amides is 3. The Hall–Kier alpha value is -3.80. The maximum atomic E-state index is 13.4. The quantitative estimate of drug-likeness (QED) is 0.377. The summed E-state index contributed by atoms with van der Waals surface area (Å²) in [4.78, 5) is 30.6. The summed E-state index contributed by atoms with van der Waals surface area (Å²) in [5.74, 6) is 0.216. The van der Waals surface area contributed by atoms with Crippen molar-refractivity contribution in [2.75, 3.05) is 30.0 Å². The monoisotopic (exact) mass is 510 g/mol. The smallest absolute Gasteiger partial charge is 0.324 e. The molecule has 3 aromatic carbocycles. The Labute approximate surface area is 226 Å². The Kier molecular flexibility index (Phi) is 8.27. The van der Waals surface area contributed by atoms with Crippen molar-refractivity contribution in [3.63, 3.8) is 0 Å². The highest BCUT2D eigenvalue weighted by Gasteiger charge is 2.33. The number of likely N-dealkylation sites (tertiary alicyclic amines) is 1. The number of carbonyl (C=O) groups is 2. The zero-order valence-corrected chi connectivity index (χ0v) is 22.3. The van der Waals surface area contributed by atoms with E-state index < -0.39 is 0 Å². The van der Waals surface area contributed by atoms with Crippen molar-refractivity contribution >= 4 is 23.3 Å². The second kappa shape index (κ2) is 12.2. The Morgan fingerprint density at radius 2 is 1.39 bits per heavy atom. The van der Waals surface area contributed by atoms with Gasteiger partial charge in [-0.3, -0.25) is 20.1 Å². The van der Waals surface area contributed by atoms with Gasteiger partial charge in [0.05, 0.1) is 12.2 Å². The minimum absolute atomic E-state index is 0.0571. The molecule has 1 aliphatic heterocycles. The SMILES string of the molecule is CN(NC(=O)C1CCCC[C@@H]1c1ccc(CN(C(=O)N2CCCC2)c2ccccc2)cc1)c1ccccc1. The van der Waals surface area contributed by atoms with Crippen molar-refractivity contribution in [3.8, 4) is 0 Å². The first-order valence-electron chi connectivity index (χ1n) is 13.9. The van der Waals surface area contributed by atoms with Gasteiger partial charge in [0.25, 0.3) is 0 Å². The molecule has 198 valence electrons. The van der Waals surface area contributed by atoms with Crippen molar-refractivity contribution < 1.29 is 9.59 Å². The number of para-hydroxylation sites is 2. The largest absolute Gasteiger partial charge is 0.324 e. The van der Waals surface area contributed by atoms with Gasteiger partial charge in [-0.1, -0.05) is 73.5 Å². The zero-order chi connectivity index (χ0) is 26.3. The predicted molar refractivity (Wildman–Crippen MR) is 153 cm³/mol. The number of hydrogen-bond acceptors (Lipinski definition) is 3. The zero-order valence-electron chi connectivity index (χ0n) is 22.3. The predicted octanol–water partition coefficient (Wildman–Crippen LogP) is 6.35. The van der Waals surface area contributed by atoms with E-state index in [-0.39, 0.29) is 23.8 Å². The van der Waals surface area contributed by atoms with Crippen molar-refractivity contribution in [1.29, 1.82) is 0 Å². The molecule has 3 amide bonds. The molecule has 2 atom stereocenters. The van der Waals surface area contributed by atoms with E-state index >= 15 is 0 Å². The van der Waals surface area contributed by atoms with Crippen LogP contribution in [0.3, 0.4) is 0 Å². The van der Waals surface area contributed by atoms with E-state index in [0.717, 1.165) is 68.6 Å². The molecule has 2 fully saturated rings. The van der Waals surface area contributed by atoms with Crippen LogP contribution < -0.4 is 15.3 Å². The lowest BCUT2D eigenvalue weighted by Crippen LogP contribution is -2.45. The van der Waals surface area contributed by atoms with Crippen LogP contribution >= 0.6 is 0 Å². The Bertz CT molecular complexity index is 1190. The fraction of sp³-hybridized carbons (Fsp3) is 0.375. The van der Waals surface area contributed by atoms with E-state index in [0.29, 0.717) is 6.54 Å². The van der Waals surface area contributed by atoms with Crippen molar-refractivity contribution in [3.05, 3.63) is 96.1 Å². The van der Waals surface area contributed by atoms with Gasteiger partial charge in [-0.25, -0.2) is 4.79 Å². The summed E-state index contributed by atoms with van der Waals surface area (Å²) < 4.78 is 0. The number of nitrogens with zero attached hydrogens (tertiary/aromatic N) is 3. The van der Waals surface area contributed by atoms with Crippen LogP contribution in [-0.4, -0.2) is 37.0 Å². The summed E-state index contributed by atoms with van der Waals surface area (Å²) in [6.07, 6.45) is 6.26. The van der Waals surface area contributed by atoms with Gasteiger partial charge in [0.2, 0.25) is 5.91 Å². The second-order valence-electron chi connectivity index (χ2n) is 10.5. The van der Waals surface area contributed by atoms with E-state index in [2.05, 4.69) is 29.7 Å². The molecule has 6 nitrogen and oxygen atoms in total. The molecular weight excluding hydrogens is 472 g/mol. The summed E-state index contributed by atoms with van der Waals surface area (Å²) in [7, 11) is 1.89. The summed E-state index contributed by atoms with van der Waals surface area (Å²) in [6, 6.07) is 28.5. The Balaban J connectivity index is 1.29. The molecule has 3 aromatic rings. The summed E-state index contributed by atoms with van der Waals surface area (Å²) in [5.41, 5.74) is 7.28. The number of nitrogens with one attached hydrogen (secondary N) is 1. The van der Waals surface area contributed by atoms with Gasteiger partial charge in [-0.15, -0.1) is 0 Å². The van der Waals surface area contributed by atoms with Gasteiger partial charge < -0.3 is 4.90 Å². The lowest BCUT2D eigenvalue weighted by molar-refractivity contribution is -0.126. The van der Waals surface area contributed by atoms with Crippen LogP contribution in [0.4, 0.5) is 16.2 Å². The second-order valence-corrected chi connectivity index (χ2v) is 10.5. The van der Waals surface area contributed by atoms with Gasteiger partial charge in [-0.05, 0) is 67.0 Å². The number of hydrazine groups is 1. The molecule has 1 heterocycles. The van der Waals surface area contributed by atoms with Crippen LogP contribution in [-0.2, 0) is 11.3 Å². The molecule has 6 heteroatoms. The average molecular weight is 511 g/mol. The molecule has 0 spiro atoms. The van der Waals surface area contributed by atoms with Gasteiger partial charge >= 0.3 is 6.03 Å². The molecule has 1 saturated carbocycles. The molecule has 1 N–H and O–H groups in total. The lowest BCUT2D eigenvalue weighted by Gasteiger charge is -2.33. The number of anilines is 2. The van der Waals surface area contributed by atoms with Crippen LogP contribution in [0.15, 0.2) is 84.9 Å². The molecule has 1 aliphatic carbocycles. The maximum absolute atomic E-state index is 13.4. The third-order valence-corrected chi connectivity index (χ3v) is 7.95. The number of hydrogen-bond donors (Lipinski definition) is 1. The van der Waals surface area contributed by atoms with E-state index in [1.165, 1.54) is 5.56 Å². The maximum Gasteiger partial charge on any atom is 0.324 e. The minimum Gasteiger partial charge on any atom is -0.324 e. The van der Waals surface area contributed by atoms with E-state index in [1.807, 2.05) is 82.5 Å². The molecule has 5 rings (SSSR count). The van der Waals surface area contributed by atoms with E-state index in [4.69, 9.17) is 0 Å². The van der Waals surface area contributed by atoms with Gasteiger partial charge in [0, 0.05) is 31.7 Å².